The summed E-state index contributed by atoms with van der Waals surface area (Å²) in [6, 6.07) is 0. The smallest absolute Gasteiger partial charge is 0.123 e. The molecule has 6 heavy (non-hydrogen) atoms. The Morgan fingerprint density at radius 2 is 2.33 bits per heavy atom. The molecule has 1 aliphatic rings. The Morgan fingerprint density at radius 3 is 2.33 bits per heavy atom. The zero-order valence-electron chi connectivity index (χ0n) is 3.85. The van der Waals surface area contributed by atoms with Crippen LogP contribution in [-0.2, 0) is 4.79 Å². The first-order valence-electron chi connectivity index (χ1n) is 2.30. The van der Waals surface area contributed by atoms with Crippen molar-refractivity contribution in [2.45, 2.75) is 13.3 Å². The maximum atomic E-state index is 9.78. The number of hydrogen-bond acceptors (Lipinski definition) is 1. The molecule has 0 bridgehead atoms. The summed E-state index contributed by atoms with van der Waals surface area (Å²) in [7, 11) is 0. The molecule has 0 aliphatic heterocycles. The second-order valence-corrected chi connectivity index (χ2v) is 2.01. The van der Waals surface area contributed by atoms with Crippen LogP contribution in [0.25, 0.3) is 0 Å². The summed E-state index contributed by atoms with van der Waals surface area (Å²) in [6.07, 6.45) is 2.17. The van der Waals surface area contributed by atoms with Gasteiger partial charge in [0.25, 0.3) is 0 Å². The summed E-state index contributed by atoms with van der Waals surface area (Å²) in [5.41, 5.74) is 0. The second-order valence-electron chi connectivity index (χ2n) is 2.01. The summed E-state index contributed by atoms with van der Waals surface area (Å²) >= 11 is 0. The molecule has 1 nitrogen and oxygen atoms in total. The highest BCUT2D eigenvalue weighted by Crippen LogP contribution is 2.34. The molecule has 1 saturated carbocycles. The number of carbonyl (C=O) groups is 1. The van der Waals surface area contributed by atoms with Crippen LogP contribution in [0.3, 0.4) is 0 Å². The van der Waals surface area contributed by atoms with Gasteiger partial charge in [-0.1, -0.05) is 6.92 Å². The van der Waals surface area contributed by atoms with Gasteiger partial charge in [-0.2, -0.15) is 0 Å². The van der Waals surface area contributed by atoms with Crippen LogP contribution in [0.1, 0.15) is 13.3 Å². The average Bonchev–Trinajstić information content (AvgIpc) is 2.19. The third-order valence-electron chi connectivity index (χ3n) is 1.35. The predicted octanol–water partition coefficient (Wildman–Crippen LogP) is 0.841. The Bertz CT molecular complexity index is 68.3. The lowest BCUT2D eigenvalue weighted by molar-refractivity contribution is -0.109. The van der Waals surface area contributed by atoms with E-state index >= 15 is 0 Å². The lowest BCUT2D eigenvalue weighted by atomic mass is 10.4. The zero-order valence-corrected chi connectivity index (χ0v) is 3.85. The van der Waals surface area contributed by atoms with Crippen LogP contribution in [0.15, 0.2) is 0 Å². The van der Waals surface area contributed by atoms with Crippen molar-refractivity contribution in [1.29, 1.82) is 0 Å². The molecule has 0 aromatic carbocycles. The SMILES string of the molecule is C[C@@H]1CC1C=O. The largest absolute Gasteiger partial charge is 0.303 e. The normalized spacial score (nSPS) is 42.2. The van der Waals surface area contributed by atoms with Crippen LogP contribution in [0.5, 0.6) is 0 Å². The summed E-state index contributed by atoms with van der Waals surface area (Å²) < 4.78 is 0. The summed E-state index contributed by atoms with van der Waals surface area (Å²) in [5, 5.41) is 0. The van der Waals surface area contributed by atoms with Gasteiger partial charge in [0.05, 0.1) is 0 Å². The van der Waals surface area contributed by atoms with Crippen LogP contribution in [0.4, 0.5) is 0 Å². The van der Waals surface area contributed by atoms with Gasteiger partial charge in [0.1, 0.15) is 6.29 Å². The molecule has 0 aromatic heterocycles. The van der Waals surface area contributed by atoms with E-state index in [1.807, 2.05) is 0 Å². The van der Waals surface area contributed by atoms with Crippen LogP contribution >= 0.6 is 0 Å². The van der Waals surface area contributed by atoms with Gasteiger partial charge in [0.2, 0.25) is 0 Å². The molecule has 1 aliphatic carbocycles. The minimum atomic E-state index is 0.421. The summed E-state index contributed by atoms with van der Waals surface area (Å²) in [4.78, 5) is 9.78. The van der Waals surface area contributed by atoms with Gasteiger partial charge >= 0.3 is 0 Å². The standard InChI is InChI=1S/C5H8O/c1-4-2-5(4)3-6/h3-5H,2H2,1H3/t4-,5?/m1/s1. The Hall–Kier alpha value is -0.330. The monoisotopic (exact) mass is 84.1 g/mol. The van der Waals surface area contributed by atoms with Crippen molar-refractivity contribution in [2.75, 3.05) is 0 Å². The van der Waals surface area contributed by atoms with Crippen molar-refractivity contribution in [3.05, 3.63) is 0 Å². The average molecular weight is 84.1 g/mol. The maximum Gasteiger partial charge on any atom is 0.123 e. The van der Waals surface area contributed by atoms with Gasteiger partial charge < -0.3 is 4.79 Å². The Labute approximate surface area is 37.4 Å². The molecule has 0 spiro atoms. The van der Waals surface area contributed by atoms with Crippen molar-refractivity contribution in [1.82, 2.24) is 0 Å². The summed E-state index contributed by atoms with van der Waals surface area (Å²) in [5.74, 6) is 1.12. The third kappa shape index (κ3) is 0.445. The van der Waals surface area contributed by atoms with Gasteiger partial charge in [0.15, 0.2) is 0 Å². The van der Waals surface area contributed by atoms with Crippen molar-refractivity contribution in [2.24, 2.45) is 11.8 Å². The molecule has 0 saturated heterocycles. The van der Waals surface area contributed by atoms with E-state index in [0.29, 0.717) is 11.8 Å². The molecular formula is C5H8O. The van der Waals surface area contributed by atoms with E-state index < -0.39 is 0 Å². The highest BCUT2D eigenvalue weighted by atomic mass is 16.1. The first kappa shape index (κ1) is 3.85. The minimum absolute atomic E-state index is 0.421. The summed E-state index contributed by atoms with van der Waals surface area (Å²) in [6.45, 7) is 2.10. The number of aldehydes is 1. The Balaban J connectivity index is 2.25. The lowest BCUT2D eigenvalue weighted by Gasteiger charge is -1.67. The fraction of sp³-hybridized carbons (Fsp3) is 0.800. The van der Waals surface area contributed by atoms with E-state index in [9.17, 15) is 4.79 Å². The number of hydrogen-bond donors (Lipinski definition) is 0. The lowest BCUT2D eigenvalue weighted by Crippen LogP contribution is -1.73. The van der Waals surface area contributed by atoms with Crippen molar-refractivity contribution >= 4 is 6.29 Å². The highest BCUT2D eigenvalue weighted by molar-refractivity contribution is 5.57. The van der Waals surface area contributed by atoms with E-state index in [-0.39, 0.29) is 0 Å². The van der Waals surface area contributed by atoms with Crippen LogP contribution < -0.4 is 0 Å². The Kier molecular flexibility index (Phi) is 0.685. The van der Waals surface area contributed by atoms with E-state index in [1.54, 1.807) is 0 Å². The quantitative estimate of drug-likeness (QED) is 0.430. The first-order chi connectivity index (χ1) is 2.84. The zero-order chi connectivity index (χ0) is 4.57. The van der Waals surface area contributed by atoms with E-state index in [1.165, 1.54) is 0 Å². The fourth-order valence-electron chi connectivity index (χ4n) is 0.540. The van der Waals surface area contributed by atoms with Gasteiger partial charge in [-0.05, 0) is 12.3 Å². The molecule has 1 unspecified atom stereocenters. The fourth-order valence-corrected chi connectivity index (χ4v) is 0.540. The predicted molar refractivity (Wildman–Crippen MR) is 23.3 cm³/mol. The van der Waals surface area contributed by atoms with Crippen LogP contribution in [-0.4, -0.2) is 6.29 Å². The molecule has 0 amide bonds. The van der Waals surface area contributed by atoms with Crippen molar-refractivity contribution in [3.8, 4) is 0 Å². The molecule has 0 radical (unpaired) electrons. The molecule has 2 atom stereocenters. The molecule has 0 heterocycles. The Morgan fingerprint density at radius 1 is 1.83 bits per heavy atom. The molecule has 1 fully saturated rings. The van der Waals surface area contributed by atoms with Crippen LogP contribution in [0, 0.1) is 11.8 Å². The highest BCUT2D eigenvalue weighted by Gasteiger charge is 2.31. The molecule has 0 aromatic rings. The van der Waals surface area contributed by atoms with Crippen molar-refractivity contribution in [3.63, 3.8) is 0 Å². The number of rotatable bonds is 1. The minimum Gasteiger partial charge on any atom is -0.303 e. The molecule has 1 rings (SSSR count). The van der Waals surface area contributed by atoms with Crippen molar-refractivity contribution < 1.29 is 4.79 Å². The molecular weight excluding hydrogens is 76.1 g/mol. The molecule has 34 valence electrons. The molecule has 1 heteroatoms. The second kappa shape index (κ2) is 1.07. The van der Waals surface area contributed by atoms with Gasteiger partial charge in [0, 0.05) is 5.92 Å². The van der Waals surface area contributed by atoms with E-state index in [0.717, 1.165) is 12.7 Å². The van der Waals surface area contributed by atoms with E-state index in [2.05, 4.69) is 6.92 Å². The van der Waals surface area contributed by atoms with Gasteiger partial charge in [-0.25, -0.2) is 0 Å². The third-order valence-corrected chi connectivity index (χ3v) is 1.35. The van der Waals surface area contributed by atoms with Gasteiger partial charge in [-0.15, -0.1) is 0 Å². The topological polar surface area (TPSA) is 17.1 Å². The number of carbonyl (C=O) groups excluding carboxylic acids is 1. The van der Waals surface area contributed by atoms with Crippen LogP contribution in [0.2, 0.25) is 0 Å². The maximum absolute atomic E-state index is 9.78. The van der Waals surface area contributed by atoms with E-state index in [4.69, 9.17) is 0 Å². The first-order valence-corrected chi connectivity index (χ1v) is 2.30. The van der Waals surface area contributed by atoms with Gasteiger partial charge in [-0.3, -0.25) is 0 Å². The molecule has 0 N–H and O–H groups in total.